The van der Waals surface area contributed by atoms with E-state index in [4.69, 9.17) is 0 Å². The van der Waals surface area contributed by atoms with Crippen molar-refractivity contribution in [2.75, 3.05) is 25.1 Å². The van der Waals surface area contributed by atoms with Crippen molar-refractivity contribution in [3.05, 3.63) is 0 Å². The average Bonchev–Trinajstić information content (AvgIpc) is 3.26. The molecule has 114 valence electrons. The summed E-state index contributed by atoms with van der Waals surface area (Å²) in [7, 11) is 0. The molecule has 1 atom stereocenters. The van der Waals surface area contributed by atoms with Gasteiger partial charge in [-0.05, 0) is 43.6 Å². The molecule has 0 bridgehead atoms. The van der Waals surface area contributed by atoms with Crippen LogP contribution in [0.1, 0.15) is 44.9 Å². The molecule has 2 amide bonds. The summed E-state index contributed by atoms with van der Waals surface area (Å²) < 4.78 is 0. The van der Waals surface area contributed by atoms with Gasteiger partial charge in [0.05, 0.1) is 0 Å². The summed E-state index contributed by atoms with van der Waals surface area (Å²) in [5.74, 6) is 1.82. The predicted octanol–water partition coefficient (Wildman–Crippen LogP) is 2.04. The van der Waals surface area contributed by atoms with Gasteiger partial charge in [-0.15, -0.1) is 0 Å². The normalized spacial score (nSPS) is 23.6. The van der Waals surface area contributed by atoms with Crippen LogP contribution in [0.5, 0.6) is 0 Å². The molecule has 0 aromatic heterocycles. The first-order valence-electron chi connectivity index (χ1n) is 7.79. The van der Waals surface area contributed by atoms with Crippen LogP contribution in [0.15, 0.2) is 0 Å². The van der Waals surface area contributed by atoms with Crippen LogP contribution < -0.4 is 5.32 Å². The molecule has 1 heterocycles. The van der Waals surface area contributed by atoms with Gasteiger partial charge < -0.3 is 10.2 Å². The van der Waals surface area contributed by atoms with Crippen LogP contribution in [0.4, 0.5) is 0 Å². The highest BCUT2D eigenvalue weighted by Gasteiger charge is 2.40. The molecule has 1 aliphatic carbocycles. The molecule has 2 rings (SSSR count). The summed E-state index contributed by atoms with van der Waals surface area (Å²) in [6.45, 7) is 1.41. The lowest BCUT2D eigenvalue weighted by Gasteiger charge is -2.24. The van der Waals surface area contributed by atoms with E-state index in [0.717, 1.165) is 25.8 Å². The Morgan fingerprint density at radius 2 is 1.95 bits per heavy atom. The predicted molar refractivity (Wildman–Crippen MR) is 82.7 cm³/mol. The molecule has 0 radical (unpaired) electrons. The van der Waals surface area contributed by atoms with Gasteiger partial charge in [0, 0.05) is 19.5 Å². The summed E-state index contributed by atoms with van der Waals surface area (Å²) in [4.78, 5) is 26.0. The lowest BCUT2D eigenvalue weighted by atomic mass is 10.1. The molecule has 1 unspecified atom stereocenters. The van der Waals surface area contributed by atoms with Gasteiger partial charge in [-0.2, -0.15) is 11.8 Å². The Bertz CT molecular complexity index is 345. The smallest absolute Gasteiger partial charge is 0.245 e. The fraction of sp³-hybridized carbons (Fsp3) is 0.867. The molecule has 1 N–H and O–H groups in total. The van der Waals surface area contributed by atoms with E-state index in [1.54, 1.807) is 0 Å². The van der Waals surface area contributed by atoms with Gasteiger partial charge in [-0.25, -0.2) is 0 Å². The van der Waals surface area contributed by atoms with Crippen molar-refractivity contribution in [1.82, 2.24) is 10.2 Å². The van der Waals surface area contributed by atoms with E-state index in [2.05, 4.69) is 11.6 Å². The largest absolute Gasteiger partial charge is 0.344 e. The lowest BCUT2D eigenvalue weighted by Crippen LogP contribution is -2.46. The highest BCUT2D eigenvalue weighted by Crippen LogP contribution is 2.34. The van der Waals surface area contributed by atoms with Gasteiger partial charge >= 0.3 is 0 Å². The SMILES string of the molecule is CSCCCCCCN1CCC(=O)NC(C2CC2)C1=O. The molecule has 5 heteroatoms. The van der Waals surface area contributed by atoms with Crippen molar-refractivity contribution in [2.24, 2.45) is 5.92 Å². The second-order valence-corrected chi connectivity index (χ2v) is 6.85. The second kappa shape index (κ2) is 7.91. The summed E-state index contributed by atoms with van der Waals surface area (Å²) >= 11 is 1.89. The minimum absolute atomic E-state index is 0.0396. The summed E-state index contributed by atoms with van der Waals surface area (Å²) in [6, 6.07) is -0.235. The Morgan fingerprint density at radius 3 is 2.65 bits per heavy atom. The first-order valence-corrected chi connectivity index (χ1v) is 9.19. The van der Waals surface area contributed by atoms with E-state index >= 15 is 0 Å². The molecule has 1 aliphatic heterocycles. The monoisotopic (exact) mass is 298 g/mol. The Labute approximate surface area is 126 Å². The van der Waals surface area contributed by atoms with E-state index in [9.17, 15) is 9.59 Å². The molecule has 4 nitrogen and oxygen atoms in total. The number of thioether (sulfide) groups is 1. The van der Waals surface area contributed by atoms with Crippen molar-refractivity contribution in [3.63, 3.8) is 0 Å². The first-order chi connectivity index (χ1) is 9.72. The third-order valence-corrected chi connectivity index (χ3v) is 4.82. The number of nitrogens with zero attached hydrogens (tertiary/aromatic N) is 1. The zero-order chi connectivity index (χ0) is 14.4. The van der Waals surface area contributed by atoms with Gasteiger partial charge in [-0.1, -0.05) is 12.8 Å². The molecule has 0 aromatic carbocycles. The molecular weight excluding hydrogens is 272 g/mol. The fourth-order valence-corrected chi connectivity index (χ4v) is 3.22. The van der Waals surface area contributed by atoms with Crippen molar-refractivity contribution in [2.45, 2.75) is 51.0 Å². The van der Waals surface area contributed by atoms with Gasteiger partial charge in [0.25, 0.3) is 0 Å². The highest BCUT2D eigenvalue weighted by molar-refractivity contribution is 7.98. The third kappa shape index (κ3) is 4.69. The molecule has 1 saturated carbocycles. The van der Waals surface area contributed by atoms with E-state index in [-0.39, 0.29) is 17.9 Å². The standard InChI is InChI=1S/C15H26N2O2S/c1-20-11-5-3-2-4-9-17-10-8-13(18)16-14(15(17)19)12-6-7-12/h12,14H,2-11H2,1H3,(H,16,18). The fourth-order valence-electron chi connectivity index (χ4n) is 2.72. The van der Waals surface area contributed by atoms with Gasteiger partial charge in [0.1, 0.15) is 6.04 Å². The van der Waals surface area contributed by atoms with Crippen LogP contribution in [0, 0.1) is 5.92 Å². The maximum Gasteiger partial charge on any atom is 0.245 e. The molecular formula is C15H26N2O2S. The third-order valence-electron chi connectivity index (χ3n) is 4.12. The topological polar surface area (TPSA) is 49.4 Å². The van der Waals surface area contributed by atoms with Crippen LogP contribution in [-0.2, 0) is 9.59 Å². The summed E-state index contributed by atoms with van der Waals surface area (Å²) in [5.41, 5.74) is 0. The van der Waals surface area contributed by atoms with Crippen LogP contribution in [-0.4, -0.2) is 47.9 Å². The van der Waals surface area contributed by atoms with Gasteiger partial charge in [0.15, 0.2) is 0 Å². The molecule has 2 fully saturated rings. The number of carbonyl (C=O) groups excluding carboxylic acids is 2. The number of unbranched alkanes of at least 4 members (excludes halogenated alkanes) is 3. The van der Waals surface area contributed by atoms with E-state index in [0.29, 0.717) is 18.9 Å². The Balaban J connectivity index is 1.74. The highest BCUT2D eigenvalue weighted by atomic mass is 32.2. The van der Waals surface area contributed by atoms with Crippen LogP contribution in [0.25, 0.3) is 0 Å². The minimum atomic E-state index is -0.235. The van der Waals surface area contributed by atoms with Crippen molar-refractivity contribution >= 4 is 23.6 Å². The zero-order valence-electron chi connectivity index (χ0n) is 12.4. The molecule has 1 saturated heterocycles. The molecule has 0 spiro atoms. The molecule has 20 heavy (non-hydrogen) atoms. The van der Waals surface area contributed by atoms with Crippen molar-refractivity contribution < 1.29 is 9.59 Å². The lowest BCUT2D eigenvalue weighted by molar-refractivity contribution is -0.134. The maximum absolute atomic E-state index is 12.4. The number of hydrogen-bond acceptors (Lipinski definition) is 3. The van der Waals surface area contributed by atoms with Crippen LogP contribution in [0.2, 0.25) is 0 Å². The van der Waals surface area contributed by atoms with Crippen LogP contribution in [0.3, 0.4) is 0 Å². The molecule has 2 aliphatic rings. The van der Waals surface area contributed by atoms with Crippen LogP contribution >= 0.6 is 11.8 Å². The van der Waals surface area contributed by atoms with E-state index in [1.807, 2.05) is 16.7 Å². The Hall–Kier alpha value is -0.710. The maximum atomic E-state index is 12.4. The van der Waals surface area contributed by atoms with E-state index in [1.165, 1.54) is 25.0 Å². The van der Waals surface area contributed by atoms with Gasteiger partial charge in [0.2, 0.25) is 11.8 Å². The van der Waals surface area contributed by atoms with Crippen molar-refractivity contribution in [3.8, 4) is 0 Å². The van der Waals surface area contributed by atoms with Crippen molar-refractivity contribution in [1.29, 1.82) is 0 Å². The number of nitrogens with one attached hydrogen (secondary N) is 1. The zero-order valence-corrected chi connectivity index (χ0v) is 13.2. The first kappa shape index (κ1) is 15.7. The number of rotatable bonds is 8. The van der Waals surface area contributed by atoms with E-state index < -0.39 is 0 Å². The quantitative estimate of drug-likeness (QED) is 0.698. The summed E-state index contributed by atoms with van der Waals surface area (Å²) in [5, 5.41) is 2.91. The Morgan fingerprint density at radius 1 is 1.20 bits per heavy atom. The average molecular weight is 298 g/mol. The number of hydrogen-bond donors (Lipinski definition) is 1. The summed E-state index contributed by atoms with van der Waals surface area (Å²) in [6.07, 6.45) is 9.51. The second-order valence-electron chi connectivity index (χ2n) is 5.86. The Kier molecular flexibility index (Phi) is 6.20. The number of carbonyl (C=O) groups is 2. The molecule has 0 aromatic rings. The minimum Gasteiger partial charge on any atom is -0.344 e. The number of amides is 2. The van der Waals surface area contributed by atoms with Gasteiger partial charge in [-0.3, -0.25) is 9.59 Å².